The molecule has 1 amide bonds. The van der Waals surface area contributed by atoms with Crippen molar-refractivity contribution in [1.29, 1.82) is 0 Å². The van der Waals surface area contributed by atoms with Gasteiger partial charge >= 0.3 is 0 Å². The zero-order valence-corrected chi connectivity index (χ0v) is 14.6. The first kappa shape index (κ1) is 16.4. The Hall–Kier alpha value is -3.04. The Balaban J connectivity index is 1.67. The molecule has 0 aliphatic rings. The lowest BCUT2D eigenvalue weighted by atomic mass is 9.98. The average molecular weight is 362 g/mol. The van der Waals surface area contributed by atoms with Crippen molar-refractivity contribution in [3.63, 3.8) is 0 Å². The Labute approximate surface area is 156 Å². The van der Waals surface area contributed by atoms with Crippen LogP contribution in [-0.4, -0.2) is 5.91 Å². The second kappa shape index (κ2) is 7.06. The monoisotopic (exact) mass is 361 g/mol. The van der Waals surface area contributed by atoms with E-state index in [2.05, 4.69) is 5.32 Å². The van der Waals surface area contributed by atoms with Crippen molar-refractivity contribution in [3.05, 3.63) is 107 Å². The van der Waals surface area contributed by atoms with Crippen LogP contribution >= 0.6 is 11.6 Å². The fourth-order valence-electron chi connectivity index (χ4n) is 2.98. The molecule has 0 atom stereocenters. The summed E-state index contributed by atoms with van der Waals surface area (Å²) >= 11 is 6.01. The third kappa shape index (κ3) is 3.35. The van der Waals surface area contributed by atoms with Gasteiger partial charge in [-0.15, -0.1) is 0 Å². The molecule has 0 aliphatic carbocycles. The summed E-state index contributed by atoms with van der Waals surface area (Å²) in [5.41, 5.74) is 2.65. The zero-order valence-electron chi connectivity index (χ0n) is 13.9. The van der Waals surface area contributed by atoms with Crippen molar-refractivity contribution in [2.45, 2.75) is 6.04 Å². The van der Waals surface area contributed by atoms with Crippen molar-refractivity contribution >= 4 is 28.5 Å². The van der Waals surface area contributed by atoms with Gasteiger partial charge in [-0.1, -0.05) is 72.3 Å². The number of hydrogen-bond acceptors (Lipinski definition) is 2. The molecule has 0 saturated carbocycles. The molecular formula is C22H16ClNO2. The highest BCUT2D eigenvalue weighted by atomic mass is 35.5. The number of benzene rings is 3. The largest absolute Gasteiger partial charge is 0.451 e. The topological polar surface area (TPSA) is 42.2 Å². The molecule has 3 aromatic carbocycles. The van der Waals surface area contributed by atoms with Crippen LogP contribution in [0.5, 0.6) is 0 Å². The molecule has 0 aliphatic heterocycles. The van der Waals surface area contributed by atoms with Crippen LogP contribution in [0.15, 0.2) is 89.3 Å². The molecule has 0 bridgehead atoms. The maximum atomic E-state index is 12.8. The normalized spacial score (nSPS) is 11.0. The summed E-state index contributed by atoms with van der Waals surface area (Å²) in [4.78, 5) is 12.8. The van der Waals surface area contributed by atoms with Crippen LogP contribution in [0, 0.1) is 0 Å². The molecule has 1 N–H and O–H groups in total. The van der Waals surface area contributed by atoms with Crippen LogP contribution in [0.2, 0.25) is 5.02 Å². The minimum atomic E-state index is -0.268. The number of carbonyl (C=O) groups is 1. The molecule has 3 nitrogen and oxygen atoms in total. The highest BCUT2D eigenvalue weighted by molar-refractivity contribution is 6.31. The summed E-state index contributed by atoms with van der Waals surface area (Å²) in [5, 5.41) is 4.49. The molecule has 0 fully saturated rings. The number of furan rings is 1. The predicted molar refractivity (Wildman–Crippen MR) is 103 cm³/mol. The van der Waals surface area contributed by atoms with Gasteiger partial charge in [0.2, 0.25) is 0 Å². The van der Waals surface area contributed by atoms with E-state index in [9.17, 15) is 4.79 Å². The van der Waals surface area contributed by atoms with Crippen LogP contribution in [0.3, 0.4) is 0 Å². The van der Waals surface area contributed by atoms with Gasteiger partial charge < -0.3 is 9.73 Å². The summed E-state index contributed by atoms with van der Waals surface area (Å²) < 4.78 is 5.69. The number of fused-ring (bicyclic) bond motifs is 1. The maximum absolute atomic E-state index is 12.8. The van der Waals surface area contributed by atoms with E-state index >= 15 is 0 Å². The third-order valence-electron chi connectivity index (χ3n) is 4.24. The Morgan fingerprint density at radius 3 is 2.08 bits per heavy atom. The van der Waals surface area contributed by atoms with Gasteiger partial charge in [0.15, 0.2) is 5.76 Å². The molecule has 0 radical (unpaired) electrons. The zero-order chi connectivity index (χ0) is 17.9. The van der Waals surface area contributed by atoms with Gasteiger partial charge in [0.25, 0.3) is 5.91 Å². The number of rotatable bonds is 4. The average Bonchev–Trinajstić information content (AvgIpc) is 3.10. The second-order valence-electron chi connectivity index (χ2n) is 6.02. The smallest absolute Gasteiger partial charge is 0.287 e. The molecule has 1 heterocycles. The molecule has 1 aromatic heterocycles. The predicted octanol–water partition coefficient (Wildman–Crippen LogP) is 5.61. The van der Waals surface area contributed by atoms with E-state index in [1.54, 1.807) is 24.3 Å². The fourth-order valence-corrected chi connectivity index (χ4v) is 3.16. The highest BCUT2D eigenvalue weighted by Crippen LogP contribution is 2.25. The quantitative estimate of drug-likeness (QED) is 0.513. The first-order valence-electron chi connectivity index (χ1n) is 8.30. The van der Waals surface area contributed by atoms with Gasteiger partial charge in [0.05, 0.1) is 6.04 Å². The Morgan fingerprint density at radius 1 is 0.846 bits per heavy atom. The van der Waals surface area contributed by atoms with E-state index < -0.39 is 0 Å². The third-order valence-corrected chi connectivity index (χ3v) is 4.48. The van der Waals surface area contributed by atoms with E-state index in [0.717, 1.165) is 16.5 Å². The SMILES string of the molecule is O=C(NC(c1ccccc1)c1ccccc1)c1cc2cc(Cl)ccc2o1. The Kier molecular flexibility index (Phi) is 4.46. The standard InChI is InChI=1S/C22H16ClNO2/c23-18-11-12-19-17(13-18)14-20(26-19)22(25)24-21(15-7-3-1-4-8-15)16-9-5-2-6-10-16/h1-14,21H,(H,24,25). The van der Waals surface area contributed by atoms with Crippen molar-refractivity contribution in [3.8, 4) is 0 Å². The number of carbonyl (C=O) groups excluding carboxylic acids is 1. The van der Waals surface area contributed by atoms with Gasteiger partial charge in [0, 0.05) is 10.4 Å². The second-order valence-corrected chi connectivity index (χ2v) is 6.46. The van der Waals surface area contributed by atoms with Crippen molar-refractivity contribution in [1.82, 2.24) is 5.32 Å². The summed E-state index contributed by atoms with van der Waals surface area (Å²) in [6.45, 7) is 0. The van der Waals surface area contributed by atoms with Crippen LogP contribution in [0.4, 0.5) is 0 Å². The molecule has 4 heteroatoms. The van der Waals surface area contributed by atoms with E-state index in [0.29, 0.717) is 10.6 Å². The van der Waals surface area contributed by atoms with Crippen molar-refractivity contribution in [2.75, 3.05) is 0 Å². The van der Waals surface area contributed by atoms with E-state index in [-0.39, 0.29) is 17.7 Å². The molecule has 4 aromatic rings. The van der Waals surface area contributed by atoms with Gasteiger partial charge in [-0.25, -0.2) is 0 Å². The minimum Gasteiger partial charge on any atom is -0.451 e. The van der Waals surface area contributed by atoms with E-state index in [1.807, 2.05) is 60.7 Å². The van der Waals surface area contributed by atoms with E-state index in [1.165, 1.54) is 0 Å². The van der Waals surface area contributed by atoms with Gasteiger partial charge in [-0.2, -0.15) is 0 Å². The number of hydrogen-bond donors (Lipinski definition) is 1. The summed E-state index contributed by atoms with van der Waals surface area (Å²) in [6.07, 6.45) is 0. The van der Waals surface area contributed by atoms with Gasteiger partial charge in [-0.05, 0) is 35.4 Å². The molecular weight excluding hydrogens is 346 g/mol. The summed E-state index contributed by atoms with van der Waals surface area (Å²) in [5.74, 6) is -0.00541. The minimum absolute atomic E-state index is 0.262. The Bertz CT molecular complexity index is 1000. The van der Waals surface area contributed by atoms with Gasteiger partial charge in [0.1, 0.15) is 5.58 Å². The van der Waals surface area contributed by atoms with Crippen LogP contribution in [-0.2, 0) is 0 Å². The maximum Gasteiger partial charge on any atom is 0.287 e. The van der Waals surface area contributed by atoms with Crippen LogP contribution in [0.25, 0.3) is 11.0 Å². The fraction of sp³-hybridized carbons (Fsp3) is 0.0455. The van der Waals surface area contributed by atoms with Gasteiger partial charge in [-0.3, -0.25) is 4.79 Å². The first-order chi connectivity index (χ1) is 12.7. The number of halogens is 1. The van der Waals surface area contributed by atoms with Crippen LogP contribution in [0.1, 0.15) is 27.7 Å². The number of amides is 1. The van der Waals surface area contributed by atoms with Crippen LogP contribution < -0.4 is 5.32 Å². The molecule has 0 spiro atoms. The molecule has 128 valence electrons. The summed E-state index contributed by atoms with van der Waals surface area (Å²) in [7, 11) is 0. The molecule has 26 heavy (non-hydrogen) atoms. The summed E-state index contributed by atoms with van der Waals surface area (Å²) in [6, 6.07) is 26.5. The van der Waals surface area contributed by atoms with Crippen molar-refractivity contribution < 1.29 is 9.21 Å². The number of nitrogens with one attached hydrogen (secondary N) is 1. The first-order valence-corrected chi connectivity index (χ1v) is 8.68. The highest BCUT2D eigenvalue weighted by Gasteiger charge is 2.20. The Morgan fingerprint density at radius 2 is 1.46 bits per heavy atom. The van der Waals surface area contributed by atoms with Crippen molar-refractivity contribution in [2.24, 2.45) is 0 Å². The lowest BCUT2D eigenvalue weighted by Crippen LogP contribution is -2.29. The molecule has 4 rings (SSSR count). The lowest BCUT2D eigenvalue weighted by molar-refractivity contribution is 0.0917. The molecule has 0 saturated heterocycles. The lowest BCUT2D eigenvalue weighted by Gasteiger charge is -2.19. The molecule has 0 unspecified atom stereocenters. The van der Waals surface area contributed by atoms with E-state index in [4.69, 9.17) is 16.0 Å².